The monoisotopic (exact) mass is 529 g/mol. The minimum absolute atomic E-state index is 0.00780. The SMILES string of the molecule is CC(C)(C)OC(=O)N(Cc1ccc(C(F)(F)F)c(Br)c1)Cc1cnc(C2C[C@@H]2C(=O)O)cn1. The molecule has 1 saturated carbocycles. The first-order chi connectivity index (χ1) is 15.2. The van der Waals surface area contributed by atoms with E-state index in [1.807, 2.05) is 0 Å². The largest absolute Gasteiger partial charge is 0.481 e. The molecule has 1 aliphatic rings. The van der Waals surface area contributed by atoms with Gasteiger partial charge in [-0.3, -0.25) is 19.7 Å². The molecule has 0 bridgehead atoms. The van der Waals surface area contributed by atoms with Crippen molar-refractivity contribution in [2.45, 2.75) is 58.0 Å². The van der Waals surface area contributed by atoms with E-state index >= 15 is 0 Å². The quantitative estimate of drug-likeness (QED) is 0.539. The first kappa shape index (κ1) is 24.9. The van der Waals surface area contributed by atoms with Gasteiger partial charge in [-0.25, -0.2) is 4.79 Å². The fourth-order valence-corrected chi connectivity index (χ4v) is 3.90. The molecule has 0 saturated heterocycles. The fraction of sp³-hybridized carbons (Fsp3) is 0.455. The molecule has 33 heavy (non-hydrogen) atoms. The van der Waals surface area contributed by atoms with Crippen molar-refractivity contribution in [2.24, 2.45) is 5.92 Å². The van der Waals surface area contributed by atoms with Gasteiger partial charge in [-0.15, -0.1) is 0 Å². The number of alkyl halides is 3. The lowest BCUT2D eigenvalue weighted by atomic mass is 10.1. The third-order valence-corrected chi connectivity index (χ3v) is 5.59. The maximum absolute atomic E-state index is 13.0. The molecule has 1 aromatic heterocycles. The van der Waals surface area contributed by atoms with Crippen LogP contribution in [0, 0.1) is 5.92 Å². The van der Waals surface area contributed by atoms with E-state index in [0.29, 0.717) is 23.4 Å². The highest BCUT2D eigenvalue weighted by atomic mass is 79.9. The summed E-state index contributed by atoms with van der Waals surface area (Å²) in [5.41, 5.74) is -0.114. The Hall–Kier alpha value is -2.69. The number of carboxylic acids is 1. The molecule has 1 N–H and O–H groups in total. The van der Waals surface area contributed by atoms with E-state index < -0.39 is 35.3 Å². The van der Waals surface area contributed by atoms with Gasteiger partial charge in [-0.05, 0) is 44.9 Å². The molecule has 11 heteroatoms. The molecular formula is C22H23BrF3N3O4. The lowest BCUT2D eigenvalue weighted by Gasteiger charge is -2.27. The number of ether oxygens (including phenoxy) is 1. The van der Waals surface area contributed by atoms with Gasteiger partial charge in [-0.2, -0.15) is 13.2 Å². The molecule has 1 heterocycles. The van der Waals surface area contributed by atoms with Gasteiger partial charge in [0.2, 0.25) is 0 Å². The van der Waals surface area contributed by atoms with Gasteiger partial charge in [0.1, 0.15) is 5.60 Å². The van der Waals surface area contributed by atoms with Crippen LogP contribution in [-0.2, 0) is 28.8 Å². The Balaban J connectivity index is 1.78. The molecule has 0 aliphatic heterocycles. The number of amides is 1. The van der Waals surface area contributed by atoms with Crippen molar-refractivity contribution in [3.63, 3.8) is 0 Å². The average Bonchev–Trinajstić information content (AvgIpc) is 3.47. The van der Waals surface area contributed by atoms with Gasteiger partial charge >= 0.3 is 18.2 Å². The summed E-state index contributed by atoms with van der Waals surface area (Å²) in [5, 5.41) is 9.06. The maximum atomic E-state index is 13.0. The Labute approximate surface area is 197 Å². The maximum Gasteiger partial charge on any atom is 0.417 e. The summed E-state index contributed by atoms with van der Waals surface area (Å²) < 4.78 is 44.5. The number of carbonyl (C=O) groups excluding carboxylic acids is 1. The predicted octanol–water partition coefficient (Wildman–Crippen LogP) is 5.38. The van der Waals surface area contributed by atoms with Gasteiger partial charge in [0.05, 0.1) is 35.6 Å². The van der Waals surface area contributed by atoms with Crippen LogP contribution in [0.25, 0.3) is 0 Å². The third kappa shape index (κ3) is 6.66. The normalized spacial score (nSPS) is 18.0. The summed E-state index contributed by atoms with van der Waals surface area (Å²) in [6, 6.07) is 3.57. The second-order valence-electron chi connectivity index (χ2n) is 8.87. The van der Waals surface area contributed by atoms with E-state index in [9.17, 15) is 22.8 Å². The van der Waals surface area contributed by atoms with Crippen LogP contribution in [-0.4, -0.2) is 37.6 Å². The smallest absolute Gasteiger partial charge is 0.417 e. The van der Waals surface area contributed by atoms with E-state index in [4.69, 9.17) is 9.84 Å². The first-order valence-electron chi connectivity index (χ1n) is 10.1. The van der Waals surface area contributed by atoms with Crippen LogP contribution >= 0.6 is 15.9 Å². The lowest BCUT2D eigenvalue weighted by Crippen LogP contribution is -2.36. The minimum Gasteiger partial charge on any atom is -0.481 e. The number of rotatable bonds is 6. The molecule has 3 rings (SSSR count). The Morgan fingerprint density at radius 1 is 1.18 bits per heavy atom. The van der Waals surface area contributed by atoms with Crippen molar-refractivity contribution >= 4 is 28.0 Å². The van der Waals surface area contributed by atoms with Gasteiger partial charge in [0.15, 0.2) is 0 Å². The second kappa shape index (κ2) is 9.28. The summed E-state index contributed by atoms with van der Waals surface area (Å²) in [6.07, 6.45) is -1.69. The number of hydrogen-bond acceptors (Lipinski definition) is 5. The van der Waals surface area contributed by atoms with E-state index in [1.54, 1.807) is 20.8 Å². The summed E-state index contributed by atoms with van der Waals surface area (Å²) in [6.45, 7) is 5.12. The molecule has 1 fully saturated rings. The van der Waals surface area contributed by atoms with Crippen molar-refractivity contribution < 1.29 is 32.6 Å². The number of aromatic nitrogens is 2. The minimum atomic E-state index is -4.50. The van der Waals surface area contributed by atoms with Crippen LogP contribution in [0.5, 0.6) is 0 Å². The Kier molecular flexibility index (Phi) is 7.01. The molecule has 1 aliphatic carbocycles. The molecule has 1 aromatic carbocycles. The molecule has 1 amide bonds. The van der Waals surface area contributed by atoms with Gasteiger partial charge in [0, 0.05) is 23.1 Å². The van der Waals surface area contributed by atoms with E-state index in [-0.39, 0.29) is 23.5 Å². The van der Waals surface area contributed by atoms with Crippen molar-refractivity contribution in [3.8, 4) is 0 Å². The summed E-state index contributed by atoms with van der Waals surface area (Å²) in [7, 11) is 0. The number of nitrogens with zero attached hydrogens (tertiary/aromatic N) is 3. The fourth-order valence-electron chi connectivity index (χ4n) is 3.25. The van der Waals surface area contributed by atoms with Crippen LogP contribution in [0.1, 0.15) is 55.6 Å². The number of carbonyl (C=O) groups is 2. The zero-order valence-electron chi connectivity index (χ0n) is 18.2. The predicted molar refractivity (Wildman–Crippen MR) is 115 cm³/mol. The second-order valence-corrected chi connectivity index (χ2v) is 9.72. The van der Waals surface area contributed by atoms with Crippen LogP contribution in [0.15, 0.2) is 35.1 Å². The zero-order valence-corrected chi connectivity index (χ0v) is 19.8. The Morgan fingerprint density at radius 3 is 2.36 bits per heavy atom. The van der Waals surface area contributed by atoms with Crippen molar-refractivity contribution in [2.75, 3.05) is 0 Å². The molecule has 1 unspecified atom stereocenters. The highest BCUT2D eigenvalue weighted by Gasteiger charge is 2.45. The molecule has 2 atom stereocenters. The van der Waals surface area contributed by atoms with E-state index in [0.717, 1.165) is 6.07 Å². The van der Waals surface area contributed by atoms with Gasteiger partial charge in [0.25, 0.3) is 0 Å². The summed E-state index contributed by atoms with van der Waals surface area (Å²) in [5.74, 6) is -1.50. The average molecular weight is 530 g/mol. The van der Waals surface area contributed by atoms with E-state index in [2.05, 4.69) is 25.9 Å². The van der Waals surface area contributed by atoms with E-state index in [1.165, 1.54) is 29.4 Å². The van der Waals surface area contributed by atoms with Gasteiger partial charge < -0.3 is 9.84 Å². The molecule has 2 aromatic rings. The number of hydrogen-bond donors (Lipinski definition) is 1. The number of aliphatic carboxylic acids is 1. The molecule has 0 radical (unpaired) electrons. The summed E-state index contributed by atoms with van der Waals surface area (Å²) in [4.78, 5) is 33.7. The van der Waals surface area contributed by atoms with Gasteiger partial charge in [-0.1, -0.05) is 22.0 Å². The standard InChI is InChI=1S/C22H23BrF3N3O4/c1-21(2,3)33-20(32)29(10-12-4-5-16(17(23)6-12)22(24,25)26)11-13-8-28-18(9-27-13)14-7-15(14)19(30)31/h4-6,8-9,14-15H,7,10-11H2,1-3H3,(H,30,31)/t14?,15-/m0/s1. The highest BCUT2D eigenvalue weighted by Crippen LogP contribution is 2.46. The Morgan fingerprint density at radius 2 is 1.88 bits per heavy atom. The summed E-state index contributed by atoms with van der Waals surface area (Å²) >= 11 is 2.95. The van der Waals surface area contributed by atoms with Crippen molar-refractivity contribution in [1.29, 1.82) is 0 Å². The number of halogens is 4. The Bertz CT molecular complexity index is 1040. The lowest BCUT2D eigenvalue weighted by molar-refractivity contribution is -0.139. The van der Waals surface area contributed by atoms with Crippen LogP contribution in [0.4, 0.5) is 18.0 Å². The highest BCUT2D eigenvalue weighted by molar-refractivity contribution is 9.10. The topological polar surface area (TPSA) is 92.6 Å². The number of benzene rings is 1. The zero-order chi connectivity index (χ0) is 24.6. The first-order valence-corrected chi connectivity index (χ1v) is 10.9. The molecule has 178 valence electrons. The van der Waals surface area contributed by atoms with Crippen molar-refractivity contribution in [1.82, 2.24) is 14.9 Å². The number of carboxylic acid groups (broad SMARTS) is 1. The van der Waals surface area contributed by atoms with Crippen LogP contribution < -0.4 is 0 Å². The van der Waals surface area contributed by atoms with Crippen molar-refractivity contribution in [3.05, 3.63) is 57.6 Å². The van der Waals surface area contributed by atoms with Crippen LogP contribution in [0.3, 0.4) is 0 Å². The third-order valence-electron chi connectivity index (χ3n) is 4.93. The molecular weight excluding hydrogens is 507 g/mol. The molecule has 7 nitrogen and oxygen atoms in total. The van der Waals surface area contributed by atoms with Crippen LogP contribution in [0.2, 0.25) is 0 Å². The molecule has 0 spiro atoms.